The molecule has 2 unspecified atom stereocenters. The predicted molar refractivity (Wildman–Crippen MR) is 148 cm³/mol. The van der Waals surface area contributed by atoms with Crippen LogP contribution in [-0.4, -0.2) is 52.1 Å². The van der Waals surface area contributed by atoms with Crippen molar-refractivity contribution in [2.75, 3.05) is 6.54 Å². The molecule has 3 atom stereocenters. The van der Waals surface area contributed by atoms with Gasteiger partial charge in [0.05, 0.1) is 18.7 Å². The van der Waals surface area contributed by atoms with Gasteiger partial charge < -0.3 is 9.84 Å². The highest BCUT2D eigenvalue weighted by atomic mass is 32.3. The third kappa shape index (κ3) is 6.20. The molecule has 0 saturated carbocycles. The fourth-order valence-electron chi connectivity index (χ4n) is 4.92. The van der Waals surface area contributed by atoms with Gasteiger partial charge in [0.25, 0.3) is 0 Å². The molecular formula is C28H38N4O5S. The summed E-state index contributed by atoms with van der Waals surface area (Å²) in [5.74, 6) is -0.558. The number of carbonyl (C=O) groups is 1. The summed E-state index contributed by atoms with van der Waals surface area (Å²) in [5.41, 5.74) is 3.69. The van der Waals surface area contributed by atoms with Crippen LogP contribution in [0.4, 0.5) is 0 Å². The summed E-state index contributed by atoms with van der Waals surface area (Å²) in [6.07, 6.45) is 3.05. The topological polar surface area (TPSA) is 121 Å². The van der Waals surface area contributed by atoms with Crippen LogP contribution in [0.15, 0.2) is 53.6 Å². The van der Waals surface area contributed by atoms with E-state index in [0.717, 1.165) is 35.3 Å². The zero-order valence-electron chi connectivity index (χ0n) is 22.4. The molecule has 3 aromatic rings. The lowest BCUT2D eigenvalue weighted by molar-refractivity contribution is -0.137. The second kappa shape index (κ2) is 11.9. The number of nitrogens with zero attached hydrogens (tertiary/aromatic N) is 4. The molecule has 10 heteroatoms. The number of rotatable bonds is 10. The van der Waals surface area contributed by atoms with Crippen molar-refractivity contribution in [1.82, 2.24) is 19.3 Å². The van der Waals surface area contributed by atoms with Crippen LogP contribution in [0.1, 0.15) is 74.3 Å². The van der Waals surface area contributed by atoms with Crippen molar-refractivity contribution in [1.29, 1.82) is 0 Å². The number of ether oxygens (including phenoxy) is 1. The van der Waals surface area contributed by atoms with Crippen LogP contribution < -0.4 is 4.74 Å². The van der Waals surface area contributed by atoms with Crippen LogP contribution in [0.3, 0.4) is 0 Å². The Hall–Kier alpha value is -2.92. The van der Waals surface area contributed by atoms with E-state index in [1.165, 1.54) is 0 Å². The number of hydrogen-bond acceptors (Lipinski definition) is 7. The number of carboxylic acid groups (broad SMARTS) is 1. The maximum Gasteiger partial charge on any atom is 0.303 e. The van der Waals surface area contributed by atoms with Gasteiger partial charge in [0.2, 0.25) is 0 Å². The number of aryl methyl sites for hydroxylation is 2. The molecule has 0 amide bonds. The van der Waals surface area contributed by atoms with Gasteiger partial charge in [0.15, 0.2) is 0 Å². The second-order valence-corrected chi connectivity index (χ2v) is 12.0. The van der Waals surface area contributed by atoms with Crippen LogP contribution in [-0.2, 0) is 17.9 Å². The number of fused-ring (bicyclic) bond motifs is 1. The number of hydrogen-bond donors (Lipinski definition) is 3. The maximum atomic E-state index is 11.8. The first kappa shape index (κ1) is 28.1. The van der Waals surface area contributed by atoms with Crippen LogP contribution in [0.5, 0.6) is 5.75 Å². The second-order valence-electron chi connectivity index (χ2n) is 10.1. The SMILES string of the molecule is CC[C@@H]1CN(Cc2cc(C(CC(=O)O)CC(C)c3cn(CC)nn3)ccc2C)S(O)(O)c2ccccc2O1. The number of para-hydroxylation sites is 1. The normalized spacial score (nSPS) is 19.6. The molecule has 0 fully saturated rings. The number of carboxylic acids is 1. The minimum atomic E-state index is -3.29. The standard InChI is InChI=1S/C28H38N4O5S/c1-5-24-17-32(38(35,36)27-10-8-7-9-26(27)37-24)16-23-14-21(12-11-19(23)3)22(15-28(33)34)13-20(4)25-18-31(6-2)30-29-25/h7-12,14,18,20,22,24,35-36H,5-6,13,15-17H2,1-4H3,(H,33,34)/t20?,22?,24-/m1/s1. The number of aromatic nitrogens is 3. The molecule has 0 saturated heterocycles. The third-order valence-corrected chi connectivity index (χ3v) is 9.22. The quantitative estimate of drug-likeness (QED) is 0.283. The van der Waals surface area contributed by atoms with Gasteiger partial charge in [-0.2, -0.15) is 4.31 Å². The zero-order chi connectivity index (χ0) is 27.4. The Morgan fingerprint density at radius 3 is 2.66 bits per heavy atom. The van der Waals surface area contributed by atoms with Crippen molar-refractivity contribution >= 4 is 16.7 Å². The molecule has 38 heavy (non-hydrogen) atoms. The minimum absolute atomic E-state index is 0.00716. The van der Waals surface area contributed by atoms with E-state index in [1.54, 1.807) is 27.2 Å². The summed E-state index contributed by atoms with van der Waals surface area (Å²) < 4.78 is 32.4. The van der Waals surface area contributed by atoms with Crippen molar-refractivity contribution < 1.29 is 23.7 Å². The summed E-state index contributed by atoms with van der Waals surface area (Å²) >= 11 is 0. The molecule has 206 valence electrons. The Morgan fingerprint density at radius 1 is 1.21 bits per heavy atom. The van der Waals surface area contributed by atoms with E-state index in [4.69, 9.17) is 4.74 Å². The van der Waals surface area contributed by atoms with E-state index in [9.17, 15) is 19.0 Å². The fourth-order valence-corrected chi connectivity index (χ4v) is 6.54. The first-order chi connectivity index (χ1) is 18.1. The summed E-state index contributed by atoms with van der Waals surface area (Å²) in [7, 11) is -3.29. The highest BCUT2D eigenvalue weighted by molar-refractivity contribution is 8.22. The molecule has 1 aliphatic rings. The molecule has 0 spiro atoms. The minimum Gasteiger partial charge on any atom is -0.487 e. The van der Waals surface area contributed by atoms with Gasteiger partial charge in [-0.15, -0.1) is 15.9 Å². The molecule has 2 aromatic carbocycles. The van der Waals surface area contributed by atoms with Crippen molar-refractivity contribution in [3.05, 3.63) is 71.0 Å². The van der Waals surface area contributed by atoms with Gasteiger partial charge in [-0.1, -0.05) is 49.4 Å². The number of benzene rings is 2. The Balaban J connectivity index is 1.63. The molecular weight excluding hydrogens is 504 g/mol. The zero-order valence-corrected chi connectivity index (χ0v) is 23.3. The average Bonchev–Trinajstić information content (AvgIpc) is 3.34. The summed E-state index contributed by atoms with van der Waals surface area (Å²) in [5, 5.41) is 18.1. The van der Waals surface area contributed by atoms with Crippen LogP contribution in [0.2, 0.25) is 0 Å². The van der Waals surface area contributed by atoms with E-state index >= 15 is 0 Å². The molecule has 0 aliphatic carbocycles. The van der Waals surface area contributed by atoms with E-state index in [1.807, 2.05) is 58.2 Å². The van der Waals surface area contributed by atoms with Crippen molar-refractivity contribution in [2.24, 2.45) is 0 Å². The van der Waals surface area contributed by atoms with Crippen molar-refractivity contribution in [3.8, 4) is 5.75 Å². The monoisotopic (exact) mass is 542 g/mol. The summed E-state index contributed by atoms with van der Waals surface area (Å²) in [4.78, 5) is 12.2. The van der Waals surface area contributed by atoms with Gasteiger partial charge in [-0.25, -0.2) is 0 Å². The molecule has 0 bridgehead atoms. The average molecular weight is 543 g/mol. The molecule has 9 nitrogen and oxygen atoms in total. The molecule has 2 heterocycles. The molecule has 0 radical (unpaired) electrons. The fraction of sp³-hybridized carbons (Fsp3) is 0.464. The highest BCUT2D eigenvalue weighted by Gasteiger charge is 2.35. The Labute approximate surface area is 225 Å². The molecule has 4 rings (SSSR count). The first-order valence-corrected chi connectivity index (χ1v) is 14.6. The summed E-state index contributed by atoms with van der Waals surface area (Å²) in [6, 6.07) is 13.1. The highest BCUT2D eigenvalue weighted by Crippen LogP contribution is 2.57. The van der Waals surface area contributed by atoms with Crippen LogP contribution >= 0.6 is 10.8 Å². The van der Waals surface area contributed by atoms with E-state index < -0.39 is 16.7 Å². The lowest BCUT2D eigenvalue weighted by Gasteiger charge is -2.42. The molecule has 1 aliphatic heterocycles. The smallest absolute Gasteiger partial charge is 0.303 e. The number of aliphatic carboxylic acids is 1. The molecule has 1 aromatic heterocycles. The van der Waals surface area contributed by atoms with E-state index in [2.05, 4.69) is 10.3 Å². The van der Waals surface area contributed by atoms with Gasteiger partial charge in [-0.3, -0.25) is 18.6 Å². The van der Waals surface area contributed by atoms with Crippen LogP contribution in [0, 0.1) is 6.92 Å². The van der Waals surface area contributed by atoms with Gasteiger partial charge in [0.1, 0.15) is 16.7 Å². The van der Waals surface area contributed by atoms with Crippen molar-refractivity contribution in [3.63, 3.8) is 0 Å². The van der Waals surface area contributed by atoms with Gasteiger partial charge in [-0.05, 0) is 61.4 Å². The van der Waals surface area contributed by atoms with Crippen molar-refractivity contribution in [2.45, 2.75) is 82.9 Å². The Morgan fingerprint density at radius 2 is 1.97 bits per heavy atom. The third-order valence-electron chi connectivity index (χ3n) is 7.30. The first-order valence-electron chi connectivity index (χ1n) is 13.1. The summed E-state index contributed by atoms with van der Waals surface area (Å²) in [6.45, 7) is 9.44. The lowest BCUT2D eigenvalue weighted by atomic mass is 9.85. The Bertz CT molecular complexity index is 1260. The maximum absolute atomic E-state index is 11.8. The predicted octanol–water partition coefficient (Wildman–Crippen LogP) is 6.06. The van der Waals surface area contributed by atoms with E-state index in [0.29, 0.717) is 30.2 Å². The van der Waals surface area contributed by atoms with Crippen LogP contribution in [0.25, 0.3) is 0 Å². The van der Waals surface area contributed by atoms with E-state index in [-0.39, 0.29) is 24.4 Å². The molecule has 3 N–H and O–H groups in total. The largest absolute Gasteiger partial charge is 0.487 e. The lowest BCUT2D eigenvalue weighted by Crippen LogP contribution is -2.34. The Kier molecular flexibility index (Phi) is 8.77. The van der Waals surface area contributed by atoms with Gasteiger partial charge in [0, 0.05) is 25.2 Å². The van der Waals surface area contributed by atoms with Gasteiger partial charge >= 0.3 is 5.97 Å².